The lowest BCUT2D eigenvalue weighted by molar-refractivity contribution is -0.113. The summed E-state index contributed by atoms with van der Waals surface area (Å²) in [6.45, 7) is 2.74. The van der Waals surface area contributed by atoms with Crippen molar-refractivity contribution in [2.75, 3.05) is 11.1 Å². The Morgan fingerprint density at radius 1 is 1.00 bits per heavy atom. The van der Waals surface area contributed by atoms with E-state index in [4.69, 9.17) is 4.98 Å². The van der Waals surface area contributed by atoms with Crippen LogP contribution in [0.2, 0.25) is 0 Å². The number of thioether (sulfide) groups is 1. The molecule has 4 aromatic rings. The maximum absolute atomic E-state index is 12.4. The van der Waals surface area contributed by atoms with Gasteiger partial charge in [-0.05, 0) is 42.3 Å². The largest absolute Gasteiger partial charge is 0.325 e. The molecule has 0 atom stereocenters. The van der Waals surface area contributed by atoms with Crippen molar-refractivity contribution in [3.8, 4) is 0 Å². The zero-order valence-corrected chi connectivity index (χ0v) is 16.4. The molecule has 0 saturated carbocycles. The van der Waals surface area contributed by atoms with Crippen LogP contribution in [0.4, 0.5) is 5.69 Å². The van der Waals surface area contributed by atoms with Crippen molar-refractivity contribution in [2.45, 2.75) is 18.6 Å². The number of imidazole rings is 1. The molecule has 5 heteroatoms. The number of aromatic nitrogens is 2. The fraction of sp³-hybridized carbons (Fsp3) is 0.130. The lowest BCUT2D eigenvalue weighted by Crippen LogP contribution is -2.14. The first-order chi connectivity index (χ1) is 13.7. The van der Waals surface area contributed by atoms with Crippen molar-refractivity contribution in [2.24, 2.45) is 0 Å². The zero-order valence-electron chi connectivity index (χ0n) is 15.6. The monoisotopic (exact) mass is 387 g/mol. The van der Waals surface area contributed by atoms with Gasteiger partial charge < -0.3 is 9.88 Å². The summed E-state index contributed by atoms with van der Waals surface area (Å²) in [7, 11) is 0. The molecule has 1 amide bonds. The van der Waals surface area contributed by atoms with Gasteiger partial charge >= 0.3 is 0 Å². The second kappa shape index (κ2) is 8.31. The minimum atomic E-state index is -0.0334. The van der Waals surface area contributed by atoms with Crippen LogP contribution >= 0.6 is 11.8 Å². The zero-order chi connectivity index (χ0) is 19.3. The number of nitrogens with zero attached hydrogens (tertiary/aromatic N) is 2. The Bertz CT molecular complexity index is 1110. The van der Waals surface area contributed by atoms with Gasteiger partial charge in [0, 0.05) is 5.69 Å². The molecule has 0 unspecified atom stereocenters. The van der Waals surface area contributed by atoms with Gasteiger partial charge in [-0.2, -0.15) is 0 Å². The number of amides is 1. The van der Waals surface area contributed by atoms with Gasteiger partial charge in [0.25, 0.3) is 0 Å². The number of hydrogen-bond acceptors (Lipinski definition) is 3. The molecule has 0 aliphatic rings. The summed E-state index contributed by atoms with van der Waals surface area (Å²) in [5, 5.41) is 3.81. The third-order valence-electron chi connectivity index (χ3n) is 4.44. The number of fused-ring (bicyclic) bond motifs is 1. The molecule has 140 valence electrons. The number of carbonyl (C=O) groups is 1. The van der Waals surface area contributed by atoms with Crippen molar-refractivity contribution in [3.63, 3.8) is 0 Å². The van der Waals surface area contributed by atoms with Crippen molar-refractivity contribution in [1.29, 1.82) is 0 Å². The summed E-state index contributed by atoms with van der Waals surface area (Å²) in [5.41, 5.74) is 5.17. The van der Waals surface area contributed by atoms with Crippen LogP contribution in [0.3, 0.4) is 0 Å². The number of carbonyl (C=O) groups excluding carboxylic acids is 1. The van der Waals surface area contributed by atoms with Crippen molar-refractivity contribution >= 4 is 34.4 Å². The second-order valence-electron chi connectivity index (χ2n) is 6.66. The topological polar surface area (TPSA) is 46.9 Å². The van der Waals surface area contributed by atoms with Crippen LogP contribution < -0.4 is 5.32 Å². The maximum atomic E-state index is 12.4. The Hall–Kier alpha value is -3.05. The predicted octanol–water partition coefficient (Wildman–Crippen LogP) is 5.12. The van der Waals surface area contributed by atoms with Crippen LogP contribution in [0, 0.1) is 6.92 Å². The molecule has 0 bridgehead atoms. The number of aryl methyl sites for hydroxylation is 1. The first-order valence-corrected chi connectivity index (χ1v) is 10.2. The molecule has 0 fully saturated rings. The average Bonchev–Trinajstić information content (AvgIpc) is 3.05. The van der Waals surface area contributed by atoms with E-state index in [-0.39, 0.29) is 5.91 Å². The first kappa shape index (κ1) is 18.3. The quantitative estimate of drug-likeness (QED) is 0.467. The summed E-state index contributed by atoms with van der Waals surface area (Å²) in [5.74, 6) is 0.278. The van der Waals surface area contributed by atoms with Gasteiger partial charge in [0.1, 0.15) is 0 Å². The highest BCUT2D eigenvalue weighted by Gasteiger charge is 2.13. The lowest BCUT2D eigenvalue weighted by Gasteiger charge is -2.10. The number of para-hydroxylation sites is 2. The summed E-state index contributed by atoms with van der Waals surface area (Å²) in [4.78, 5) is 17.2. The number of rotatable bonds is 6. The number of anilines is 1. The van der Waals surface area contributed by atoms with Crippen LogP contribution in [-0.4, -0.2) is 21.2 Å². The van der Waals surface area contributed by atoms with Crippen LogP contribution in [0.25, 0.3) is 11.0 Å². The molecule has 1 heterocycles. The van der Waals surface area contributed by atoms with Crippen molar-refractivity contribution in [3.05, 3.63) is 90.0 Å². The predicted molar refractivity (Wildman–Crippen MR) is 116 cm³/mol. The van der Waals surface area contributed by atoms with Crippen molar-refractivity contribution in [1.82, 2.24) is 9.55 Å². The summed E-state index contributed by atoms with van der Waals surface area (Å²) >= 11 is 1.46. The molecule has 0 aliphatic carbocycles. The minimum absolute atomic E-state index is 0.0334. The van der Waals surface area contributed by atoms with Gasteiger partial charge in [-0.25, -0.2) is 4.98 Å². The van der Waals surface area contributed by atoms with Gasteiger partial charge in [-0.15, -0.1) is 0 Å². The molecule has 0 spiro atoms. The molecular weight excluding hydrogens is 366 g/mol. The van der Waals surface area contributed by atoms with Gasteiger partial charge in [0.15, 0.2) is 5.16 Å². The third-order valence-corrected chi connectivity index (χ3v) is 5.41. The van der Waals surface area contributed by atoms with E-state index in [1.807, 2.05) is 67.6 Å². The number of benzene rings is 3. The van der Waals surface area contributed by atoms with E-state index >= 15 is 0 Å². The van der Waals surface area contributed by atoms with E-state index in [9.17, 15) is 4.79 Å². The minimum Gasteiger partial charge on any atom is -0.325 e. The fourth-order valence-corrected chi connectivity index (χ4v) is 3.95. The molecule has 0 radical (unpaired) electrons. The Labute approximate surface area is 168 Å². The Morgan fingerprint density at radius 2 is 1.79 bits per heavy atom. The third kappa shape index (κ3) is 4.26. The van der Waals surface area contributed by atoms with Gasteiger partial charge in [0.2, 0.25) is 5.91 Å². The number of nitrogens with one attached hydrogen (secondary N) is 1. The molecule has 4 nitrogen and oxygen atoms in total. The molecule has 3 aromatic carbocycles. The SMILES string of the molecule is Cc1cccc(NC(=O)CSc2nc3ccccc3n2Cc2ccccc2)c1. The van der Waals surface area contributed by atoms with Crippen LogP contribution in [-0.2, 0) is 11.3 Å². The molecule has 1 N–H and O–H groups in total. The smallest absolute Gasteiger partial charge is 0.234 e. The van der Waals surface area contributed by atoms with E-state index in [0.717, 1.165) is 34.0 Å². The Kier molecular flexibility index (Phi) is 5.44. The summed E-state index contributed by atoms with van der Waals surface area (Å²) in [6, 6.07) is 26.2. The van der Waals surface area contributed by atoms with Gasteiger partial charge in [-0.3, -0.25) is 4.79 Å². The summed E-state index contributed by atoms with van der Waals surface area (Å²) < 4.78 is 2.18. The maximum Gasteiger partial charge on any atom is 0.234 e. The Morgan fingerprint density at radius 3 is 2.61 bits per heavy atom. The van der Waals surface area contributed by atoms with E-state index in [2.05, 4.69) is 28.1 Å². The van der Waals surface area contributed by atoms with Gasteiger partial charge in [0.05, 0.1) is 23.3 Å². The van der Waals surface area contributed by atoms with E-state index in [0.29, 0.717) is 5.75 Å². The lowest BCUT2D eigenvalue weighted by atomic mass is 10.2. The van der Waals surface area contributed by atoms with Crippen molar-refractivity contribution < 1.29 is 4.79 Å². The van der Waals surface area contributed by atoms with Crippen LogP contribution in [0.15, 0.2) is 84.0 Å². The number of hydrogen-bond donors (Lipinski definition) is 1. The normalized spacial score (nSPS) is 10.9. The van der Waals surface area contributed by atoms with Crippen LogP contribution in [0.1, 0.15) is 11.1 Å². The fourth-order valence-electron chi connectivity index (χ4n) is 3.13. The molecular formula is C23H21N3OS. The van der Waals surface area contributed by atoms with Gasteiger partial charge in [-0.1, -0.05) is 66.4 Å². The molecule has 0 saturated heterocycles. The molecule has 0 aliphatic heterocycles. The highest BCUT2D eigenvalue weighted by Crippen LogP contribution is 2.25. The molecule has 4 rings (SSSR count). The average molecular weight is 388 g/mol. The highest BCUT2D eigenvalue weighted by molar-refractivity contribution is 7.99. The Balaban J connectivity index is 1.53. The summed E-state index contributed by atoms with van der Waals surface area (Å²) in [6.07, 6.45) is 0. The standard InChI is InChI=1S/C23H21N3OS/c1-17-8-7-11-19(14-17)24-22(27)16-28-23-25-20-12-5-6-13-21(20)26(23)15-18-9-3-2-4-10-18/h2-14H,15-16H2,1H3,(H,24,27). The van der Waals surface area contributed by atoms with E-state index < -0.39 is 0 Å². The highest BCUT2D eigenvalue weighted by atomic mass is 32.2. The molecule has 1 aromatic heterocycles. The first-order valence-electron chi connectivity index (χ1n) is 9.17. The second-order valence-corrected chi connectivity index (χ2v) is 7.60. The van der Waals surface area contributed by atoms with E-state index in [1.165, 1.54) is 17.3 Å². The van der Waals surface area contributed by atoms with E-state index in [1.54, 1.807) is 0 Å². The van der Waals surface area contributed by atoms with Crippen LogP contribution in [0.5, 0.6) is 0 Å². The molecule has 28 heavy (non-hydrogen) atoms.